The Morgan fingerprint density at radius 3 is 1.22 bits per heavy atom. The van der Waals surface area contributed by atoms with E-state index < -0.39 is 0 Å². The van der Waals surface area contributed by atoms with E-state index in [1.54, 1.807) is 0 Å². The third-order valence-electron chi connectivity index (χ3n) is 10.8. The van der Waals surface area contributed by atoms with Crippen molar-refractivity contribution in [2.45, 2.75) is 60.3 Å². The van der Waals surface area contributed by atoms with Gasteiger partial charge in [-0.1, -0.05) is 179 Å². The van der Waals surface area contributed by atoms with Gasteiger partial charge in [-0.25, -0.2) is 15.0 Å². The molecule has 0 aliphatic heterocycles. The Morgan fingerprint density at radius 1 is 0.451 bits per heavy atom. The Labute approximate surface area is 303 Å². The van der Waals surface area contributed by atoms with Crippen LogP contribution in [0.15, 0.2) is 139 Å². The molecule has 3 heteroatoms. The molecule has 0 spiro atoms. The van der Waals surface area contributed by atoms with Gasteiger partial charge in [0.25, 0.3) is 0 Å². The van der Waals surface area contributed by atoms with Gasteiger partial charge in [-0.05, 0) is 76.5 Å². The molecular weight excluding hydrogens is 619 g/mol. The van der Waals surface area contributed by atoms with Gasteiger partial charge in [0.2, 0.25) is 0 Å². The minimum absolute atomic E-state index is 0.165. The molecule has 1 aromatic heterocycles. The van der Waals surface area contributed by atoms with Crippen molar-refractivity contribution >= 4 is 5.57 Å². The molecule has 0 bridgehead atoms. The molecule has 51 heavy (non-hydrogen) atoms. The number of nitrogens with zero attached hydrogens (tertiary/aromatic N) is 3. The highest BCUT2D eigenvalue weighted by atomic mass is 15.0. The van der Waals surface area contributed by atoms with Crippen molar-refractivity contribution in [2.75, 3.05) is 0 Å². The summed E-state index contributed by atoms with van der Waals surface area (Å²) >= 11 is 0. The lowest BCUT2D eigenvalue weighted by atomic mass is 9.82. The van der Waals surface area contributed by atoms with Crippen molar-refractivity contribution in [3.63, 3.8) is 0 Å². The summed E-state index contributed by atoms with van der Waals surface area (Å²) in [6.07, 6.45) is 5.89. The smallest absolute Gasteiger partial charge is 0.164 e. The van der Waals surface area contributed by atoms with Crippen LogP contribution in [0.5, 0.6) is 0 Å². The number of hydrogen-bond acceptors (Lipinski definition) is 3. The van der Waals surface area contributed by atoms with Crippen LogP contribution < -0.4 is 0 Å². The van der Waals surface area contributed by atoms with Gasteiger partial charge in [-0.2, -0.15) is 0 Å². The molecule has 3 nitrogen and oxygen atoms in total. The number of benzene rings is 5. The van der Waals surface area contributed by atoms with Crippen LogP contribution in [0, 0.1) is 18.8 Å². The Kier molecular flexibility index (Phi) is 9.40. The molecule has 1 aliphatic carbocycles. The second-order valence-electron chi connectivity index (χ2n) is 14.8. The van der Waals surface area contributed by atoms with Gasteiger partial charge >= 0.3 is 0 Å². The first kappa shape index (κ1) is 34.1. The first-order valence-electron chi connectivity index (χ1n) is 18.2. The molecule has 1 heterocycles. The van der Waals surface area contributed by atoms with Crippen molar-refractivity contribution in [1.82, 2.24) is 15.0 Å². The van der Waals surface area contributed by atoms with Crippen molar-refractivity contribution in [2.24, 2.45) is 11.8 Å². The van der Waals surface area contributed by atoms with Gasteiger partial charge in [-0.3, -0.25) is 0 Å². The average molecular weight is 666 g/mol. The summed E-state index contributed by atoms with van der Waals surface area (Å²) in [5, 5.41) is 0. The van der Waals surface area contributed by atoms with Gasteiger partial charge in [0.05, 0.1) is 0 Å². The fourth-order valence-electron chi connectivity index (χ4n) is 6.81. The number of hydrogen-bond donors (Lipinski definition) is 0. The molecular formula is C48H47N3. The van der Waals surface area contributed by atoms with Gasteiger partial charge in [0.15, 0.2) is 17.5 Å². The molecule has 0 N–H and O–H groups in total. The van der Waals surface area contributed by atoms with E-state index in [1.165, 1.54) is 44.5 Å². The second kappa shape index (κ2) is 14.1. The fourth-order valence-corrected chi connectivity index (χ4v) is 6.81. The summed E-state index contributed by atoms with van der Waals surface area (Å²) in [5.41, 5.74) is 14.4. The molecule has 2 atom stereocenters. The average Bonchev–Trinajstić information content (AvgIpc) is 3.17. The lowest BCUT2D eigenvalue weighted by Gasteiger charge is -2.23. The van der Waals surface area contributed by atoms with Crippen LogP contribution in [-0.4, -0.2) is 15.0 Å². The van der Waals surface area contributed by atoms with Gasteiger partial charge in [0, 0.05) is 16.7 Å². The molecule has 0 saturated heterocycles. The third-order valence-corrected chi connectivity index (χ3v) is 10.8. The Hall–Kier alpha value is -5.41. The summed E-state index contributed by atoms with van der Waals surface area (Å²) in [4.78, 5) is 15.1. The summed E-state index contributed by atoms with van der Waals surface area (Å²) < 4.78 is 0. The highest BCUT2D eigenvalue weighted by Crippen LogP contribution is 2.35. The highest BCUT2D eigenvalue weighted by molar-refractivity contribution is 5.75. The summed E-state index contributed by atoms with van der Waals surface area (Å²) in [6, 6.07) is 43.4. The Balaban J connectivity index is 1.24. The van der Waals surface area contributed by atoms with Crippen molar-refractivity contribution in [3.05, 3.63) is 156 Å². The molecule has 6 aromatic rings. The van der Waals surface area contributed by atoms with Crippen molar-refractivity contribution in [1.29, 1.82) is 0 Å². The summed E-state index contributed by atoms with van der Waals surface area (Å²) in [5.74, 6) is 2.81. The topological polar surface area (TPSA) is 38.7 Å². The minimum Gasteiger partial charge on any atom is -0.208 e. The molecule has 2 unspecified atom stereocenters. The molecule has 0 saturated carbocycles. The quantitative estimate of drug-likeness (QED) is 0.152. The summed E-state index contributed by atoms with van der Waals surface area (Å²) in [7, 11) is 0. The Bertz CT molecular complexity index is 2200. The molecule has 254 valence electrons. The van der Waals surface area contributed by atoms with Crippen LogP contribution in [0.4, 0.5) is 0 Å². The van der Waals surface area contributed by atoms with E-state index in [0.717, 1.165) is 28.7 Å². The maximum Gasteiger partial charge on any atom is 0.164 e. The Morgan fingerprint density at radius 2 is 0.804 bits per heavy atom. The lowest BCUT2D eigenvalue weighted by molar-refractivity contribution is 0.506. The van der Waals surface area contributed by atoms with Crippen LogP contribution in [0.2, 0.25) is 0 Å². The highest BCUT2D eigenvalue weighted by Gasteiger charge is 2.19. The van der Waals surface area contributed by atoms with Crippen LogP contribution in [0.3, 0.4) is 0 Å². The first-order chi connectivity index (χ1) is 24.6. The number of aryl methyl sites for hydroxylation is 1. The molecule has 1 aliphatic rings. The third kappa shape index (κ3) is 7.25. The van der Waals surface area contributed by atoms with Gasteiger partial charge < -0.3 is 0 Å². The number of allylic oxidation sites excluding steroid dienone is 4. The van der Waals surface area contributed by atoms with Crippen molar-refractivity contribution in [3.8, 4) is 56.4 Å². The number of aromatic nitrogens is 3. The predicted octanol–water partition coefficient (Wildman–Crippen LogP) is 12.8. The van der Waals surface area contributed by atoms with Crippen molar-refractivity contribution < 1.29 is 0 Å². The number of rotatable bonds is 8. The molecule has 0 fully saturated rings. The second-order valence-corrected chi connectivity index (χ2v) is 14.8. The zero-order chi connectivity index (χ0) is 35.7. The van der Waals surface area contributed by atoms with Crippen LogP contribution in [-0.2, 0) is 5.41 Å². The maximum atomic E-state index is 5.06. The molecule has 0 amide bonds. The predicted molar refractivity (Wildman–Crippen MR) is 215 cm³/mol. The molecule has 5 aromatic carbocycles. The van der Waals surface area contributed by atoms with E-state index in [-0.39, 0.29) is 5.41 Å². The van der Waals surface area contributed by atoms with E-state index >= 15 is 0 Å². The van der Waals surface area contributed by atoms with E-state index in [2.05, 4.69) is 182 Å². The largest absolute Gasteiger partial charge is 0.208 e. The minimum atomic E-state index is 0.165. The zero-order valence-corrected chi connectivity index (χ0v) is 30.9. The molecule has 7 rings (SSSR count). The van der Waals surface area contributed by atoms with Crippen LogP contribution in [0.25, 0.3) is 62.0 Å². The maximum absolute atomic E-state index is 5.06. The van der Waals surface area contributed by atoms with Crippen LogP contribution >= 0.6 is 0 Å². The SMILES string of the molecule is CCC(C)(C)c1ccc(-c2ccc(-c3nc(-c4ccc(C5=CC(C)C(C)=CC5C)cc4)nc(-c4ccc(-c5ccc(C)cc5)cc4)n3)cc2)cc1. The normalized spacial score (nSPS) is 16.1. The van der Waals surface area contributed by atoms with E-state index in [9.17, 15) is 0 Å². The first-order valence-corrected chi connectivity index (χ1v) is 18.2. The van der Waals surface area contributed by atoms with E-state index in [4.69, 9.17) is 15.0 Å². The summed E-state index contributed by atoms with van der Waals surface area (Å²) in [6.45, 7) is 15.7. The van der Waals surface area contributed by atoms with Gasteiger partial charge in [0.1, 0.15) is 0 Å². The van der Waals surface area contributed by atoms with E-state index in [0.29, 0.717) is 29.3 Å². The monoisotopic (exact) mass is 665 g/mol. The standard InChI is InChI=1S/C48H47N3/c1-8-48(6,7)43-27-25-38(26-28-43)37-15-21-41(22-16-37)46-49-45(40-19-13-36(14-20-40)35-11-9-31(2)10-12-35)50-47(51-46)42-23-17-39(18-24-42)44-30-33(4)32(3)29-34(44)5/h9-30,33-34H,8H2,1-7H3. The zero-order valence-electron chi connectivity index (χ0n) is 30.9. The lowest BCUT2D eigenvalue weighted by Crippen LogP contribution is -2.14. The van der Waals surface area contributed by atoms with E-state index in [1.807, 2.05) is 0 Å². The van der Waals surface area contributed by atoms with Crippen LogP contribution in [0.1, 0.15) is 64.7 Å². The van der Waals surface area contributed by atoms with Gasteiger partial charge in [-0.15, -0.1) is 0 Å². The molecule has 0 radical (unpaired) electrons. The fraction of sp³-hybridized carbons (Fsp3) is 0.229.